The van der Waals surface area contributed by atoms with Crippen LogP contribution in [-0.4, -0.2) is 29.3 Å². The molecule has 5 heteroatoms. The molecule has 0 atom stereocenters. The van der Waals surface area contributed by atoms with Crippen molar-refractivity contribution < 1.29 is 24.5 Å². The van der Waals surface area contributed by atoms with E-state index >= 15 is 0 Å². The number of ether oxygens (including phenoxy) is 1. The lowest BCUT2D eigenvalue weighted by Crippen LogP contribution is -2.02. The largest absolute Gasteiger partial charge is 0.496 e. The summed E-state index contributed by atoms with van der Waals surface area (Å²) in [6, 6.07) is 5.19. The number of benzene rings is 1. The minimum atomic E-state index is -1.19. The molecule has 0 unspecified atom stereocenters. The summed E-state index contributed by atoms with van der Waals surface area (Å²) in [4.78, 5) is 21.5. The van der Waals surface area contributed by atoms with E-state index in [1.807, 2.05) is 13.0 Å². The lowest BCUT2D eigenvalue weighted by atomic mass is 9.99. The minimum absolute atomic E-state index is 0.204. The molecule has 0 aliphatic carbocycles. The van der Waals surface area contributed by atoms with E-state index in [-0.39, 0.29) is 12.0 Å². The number of aliphatic carboxylic acids is 2. The zero-order chi connectivity index (χ0) is 13.7. The van der Waals surface area contributed by atoms with Crippen LogP contribution in [0.4, 0.5) is 0 Å². The van der Waals surface area contributed by atoms with Crippen LogP contribution in [0.25, 0.3) is 5.57 Å². The van der Waals surface area contributed by atoms with Gasteiger partial charge in [-0.25, -0.2) is 4.79 Å². The van der Waals surface area contributed by atoms with E-state index < -0.39 is 11.9 Å². The molecule has 0 amide bonds. The maximum absolute atomic E-state index is 10.8. The van der Waals surface area contributed by atoms with Crippen molar-refractivity contribution >= 4 is 17.5 Å². The summed E-state index contributed by atoms with van der Waals surface area (Å²) >= 11 is 0. The van der Waals surface area contributed by atoms with Gasteiger partial charge in [0.25, 0.3) is 0 Å². The highest BCUT2D eigenvalue weighted by atomic mass is 16.5. The smallest absolute Gasteiger partial charge is 0.328 e. The molecule has 1 rings (SSSR count). The third kappa shape index (κ3) is 3.62. The number of carboxylic acid groups (broad SMARTS) is 2. The second-order valence-electron chi connectivity index (χ2n) is 3.78. The Morgan fingerprint density at radius 3 is 2.50 bits per heavy atom. The monoisotopic (exact) mass is 250 g/mol. The molecule has 96 valence electrons. The summed E-state index contributed by atoms with van der Waals surface area (Å²) in [5.74, 6) is -1.82. The fourth-order valence-electron chi connectivity index (χ4n) is 1.61. The highest BCUT2D eigenvalue weighted by Crippen LogP contribution is 2.29. The van der Waals surface area contributed by atoms with E-state index in [4.69, 9.17) is 14.9 Å². The van der Waals surface area contributed by atoms with Crippen molar-refractivity contribution in [3.05, 3.63) is 35.4 Å². The highest BCUT2D eigenvalue weighted by Gasteiger charge is 2.13. The molecule has 0 aliphatic rings. The highest BCUT2D eigenvalue weighted by molar-refractivity contribution is 5.95. The third-order valence-electron chi connectivity index (χ3n) is 2.34. The standard InChI is InChI=1S/C13H14O5/c1-8-3-4-11(18-2)10(5-8)9(6-12(14)15)7-13(16)17/h3-6H,7H2,1-2H3,(H,14,15)(H,16,17)/b9-6+. The summed E-state index contributed by atoms with van der Waals surface area (Å²) < 4.78 is 5.12. The van der Waals surface area contributed by atoms with Crippen LogP contribution >= 0.6 is 0 Å². The molecule has 0 aliphatic heterocycles. The molecule has 0 radical (unpaired) electrons. The molecule has 5 nitrogen and oxygen atoms in total. The van der Waals surface area contributed by atoms with Gasteiger partial charge in [-0.1, -0.05) is 11.6 Å². The van der Waals surface area contributed by atoms with E-state index in [1.165, 1.54) is 7.11 Å². The molecule has 0 saturated heterocycles. The van der Waals surface area contributed by atoms with Crippen molar-refractivity contribution in [1.82, 2.24) is 0 Å². The minimum Gasteiger partial charge on any atom is -0.496 e. The Hall–Kier alpha value is -2.30. The van der Waals surface area contributed by atoms with Gasteiger partial charge < -0.3 is 14.9 Å². The molecule has 1 aromatic rings. The molecule has 2 N–H and O–H groups in total. The van der Waals surface area contributed by atoms with Crippen molar-refractivity contribution in [2.45, 2.75) is 13.3 Å². The molecule has 0 spiro atoms. The lowest BCUT2D eigenvalue weighted by Gasteiger charge is -2.11. The number of methoxy groups -OCH3 is 1. The topological polar surface area (TPSA) is 83.8 Å². The molecular weight excluding hydrogens is 236 g/mol. The van der Waals surface area contributed by atoms with Gasteiger partial charge in [0.15, 0.2) is 0 Å². The zero-order valence-electron chi connectivity index (χ0n) is 10.1. The first-order chi connectivity index (χ1) is 8.43. The van der Waals surface area contributed by atoms with Crippen LogP contribution in [0.1, 0.15) is 17.5 Å². The van der Waals surface area contributed by atoms with Gasteiger partial charge >= 0.3 is 11.9 Å². The number of carboxylic acids is 2. The van der Waals surface area contributed by atoms with Crippen LogP contribution in [0, 0.1) is 6.92 Å². The summed E-state index contributed by atoms with van der Waals surface area (Å²) in [6.07, 6.45) is 0.525. The van der Waals surface area contributed by atoms with Gasteiger partial charge in [0.05, 0.1) is 13.5 Å². The fraction of sp³-hybridized carbons (Fsp3) is 0.231. The molecule has 0 heterocycles. The van der Waals surface area contributed by atoms with Crippen LogP contribution in [0.5, 0.6) is 5.75 Å². The van der Waals surface area contributed by atoms with Gasteiger partial charge in [-0.3, -0.25) is 4.79 Å². The first-order valence-corrected chi connectivity index (χ1v) is 5.24. The quantitative estimate of drug-likeness (QED) is 0.780. The number of hydrogen-bond donors (Lipinski definition) is 2. The first kappa shape index (κ1) is 13.8. The number of hydrogen-bond acceptors (Lipinski definition) is 3. The van der Waals surface area contributed by atoms with Gasteiger partial charge in [0.1, 0.15) is 5.75 Å². The van der Waals surface area contributed by atoms with E-state index in [0.717, 1.165) is 11.6 Å². The Bertz CT molecular complexity index is 502. The molecule has 0 saturated carbocycles. The van der Waals surface area contributed by atoms with E-state index in [2.05, 4.69) is 0 Å². The van der Waals surface area contributed by atoms with Gasteiger partial charge in [-0.15, -0.1) is 0 Å². The normalized spacial score (nSPS) is 11.1. The van der Waals surface area contributed by atoms with Crippen LogP contribution < -0.4 is 4.74 Å². The molecule has 0 aromatic heterocycles. The van der Waals surface area contributed by atoms with Crippen molar-refractivity contribution in [2.24, 2.45) is 0 Å². The summed E-state index contributed by atoms with van der Waals surface area (Å²) in [6.45, 7) is 1.84. The van der Waals surface area contributed by atoms with Crippen LogP contribution in [0.2, 0.25) is 0 Å². The Morgan fingerprint density at radius 2 is 2.00 bits per heavy atom. The van der Waals surface area contributed by atoms with Crippen LogP contribution in [0.15, 0.2) is 24.3 Å². The Kier molecular flexibility index (Phi) is 4.48. The van der Waals surface area contributed by atoms with Gasteiger partial charge in [0.2, 0.25) is 0 Å². The van der Waals surface area contributed by atoms with Crippen molar-refractivity contribution in [3.8, 4) is 5.75 Å². The fourth-order valence-corrected chi connectivity index (χ4v) is 1.61. The second-order valence-corrected chi connectivity index (χ2v) is 3.78. The first-order valence-electron chi connectivity index (χ1n) is 5.24. The Morgan fingerprint density at radius 1 is 1.33 bits per heavy atom. The average molecular weight is 250 g/mol. The predicted octanol–water partition coefficient (Wildman–Crippen LogP) is 1.95. The SMILES string of the molecule is COc1ccc(C)cc1/C(=C/C(=O)O)CC(=O)O. The molecule has 18 heavy (non-hydrogen) atoms. The maximum atomic E-state index is 10.8. The van der Waals surface area contributed by atoms with Gasteiger partial charge in [-0.05, 0) is 24.6 Å². The zero-order valence-corrected chi connectivity index (χ0v) is 10.1. The molecule has 1 aromatic carbocycles. The van der Waals surface area contributed by atoms with Crippen molar-refractivity contribution in [3.63, 3.8) is 0 Å². The number of rotatable bonds is 5. The number of aryl methyl sites for hydroxylation is 1. The Labute approximate surface area is 104 Å². The Balaban J connectivity index is 3.32. The third-order valence-corrected chi connectivity index (χ3v) is 2.34. The second kappa shape index (κ2) is 5.86. The van der Waals surface area contributed by atoms with Crippen LogP contribution in [-0.2, 0) is 9.59 Å². The van der Waals surface area contributed by atoms with Crippen molar-refractivity contribution in [1.29, 1.82) is 0 Å². The molecular formula is C13H14O5. The summed E-state index contributed by atoms with van der Waals surface area (Å²) in [7, 11) is 1.45. The van der Waals surface area contributed by atoms with E-state index in [0.29, 0.717) is 11.3 Å². The lowest BCUT2D eigenvalue weighted by molar-refractivity contribution is -0.135. The van der Waals surface area contributed by atoms with E-state index in [1.54, 1.807) is 12.1 Å². The average Bonchev–Trinajstić information content (AvgIpc) is 2.26. The molecule has 0 bridgehead atoms. The van der Waals surface area contributed by atoms with Gasteiger partial charge in [-0.2, -0.15) is 0 Å². The number of carbonyl (C=O) groups is 2. The van der Waals surface area contributed by atoms with Crippen LogP contribution in [0.3, 0.4) is 0 Å². The van der Waals surface area contributed by atoms with Crippen molar-refractivity contribution in [2.75, 3.05) is 7.11 Å². The van der Waals surface area contributed by atoms with Gasteiger partial charge in [0, 0.05) is 11.6 Å². The van der Waals surface area contributed by atoms with E-state index in [9.17, 15) is 9.59 Å². The molecule has 0 fully saturated rings. The summed E-state index contributed by atoms with van der Waals surface area (Å²) in [5.41, 5.74) is 1.59. The summed E-state index contributed by atoms with van der Waals surface area (Å²) in [5, 5.41) is 17.6. The predicted molar refractivity (Wildman–Crippen MR) is 65.6 cm³/mol. The maximum Gasteiger partial charge on any atom is 0.328 e.